The minimum absolute atomic E-state index is 0.0781. The Bertz CT molecular complexity index is 378. The number of aliphatic hydroxyl groups is 1. The van der Waals surface area contributed by atoms with Crippen molar-refractivity contribution in [3.05, 3.63) is 29.8 Å². The molecular formula is C10H9BrF2O2. The van der Waals surface area contributed by atoms with E-state index in [4.69, 9.17) is 4.74 Å². The van der Waals surface area contributed by atoms with Gasteiger partial charge in [0.1, 0.15) is 5.75 Å². The second kappa shape index (κ2) is 3.42. The fraction of sp³-hybridized carbons (Fsp3) is 0.400. The van der Waals surface area contributed by atoms with Gasteiger partial charge in [-0.25, -0.2) is 0 Å². The highest BCUT2D eigenvalue weighted by molar-refractivity contribution is 9.10. The van der Waals surface area contributed by atoms with Crippen molar-refractivity contribution in [2.45, 2.75) is 16.9 Å². The molecule has 1 atom stereocenters. The van der Waals surface area contributed by atoms with Gasteiger partial charge in [-0.3, -0.25) is 0 Å². The number of fused-ring (bicyclic) bond motifs is 1. The standard InChI is InChI=1S/C10H9BrF2O2/c11-10(12,13)9(14)5-6-15-8-4-2-1-3-7(8)9/h1-4,14H,5-6H2. The van der Waals surface area contributed by atoms with Crippen molar-refractivity contribution in [3.8, 4) is 5.75 Å². The van der Waals surface area contributed by atoms with Gasteiger partial charge in [0.15, 0.2) is 5.60 Å². The number of halogens is 3. The number of rotatable bonds is 1. The number of ether oxygens (including phenoxy) is 1. The van der Waals surface area contributed by atoms with Crippen LogP contribution < -0.4 is 4.74 Å². The van der Waals surface area contributed by atoms with Gasteiger partial charge in [-0.1, -0.05) is 18.2 Å². The van der Waals surface area contributed by atoms with Gasteiger partial charge in [-0.15, -0.1) is 0 Å². The van der Waals surface area contributed by atoms with Crippen LogP contribution in [0.5, 0.6) is 5.75 Å². The molecule has 1 aliphatic heterocycles. The predicted molar refractivity (Wildman–Crippen MR) is 54.3 cm³/mol. The van der Waals surface area contributed by atoms with Crippen LogP contribution in [0, 0.1) is 0 Å². The van der Waals surface area contributed by atoms with Gasteiger partial charge in [0.25, 0.3) is 0 Å². The number of hydrogen-bond donors (Lipinski definition) is 1. The second-order valence-corrected chi connectivity index (χ2v) is 4.45. The number of para-hydroxylation sites is 1. The molecule has 1 N–H and O–H groups in total. The lowest BCUT2D eigenvalue weighted by atomic mass is 9.88. The van der Waals surface area contributed by atoms with E-state index in [0.717, 1.165) is 0 Å². The number of hydrogen-bond acceptors (Lipinski definition) is 2. The fourth-order valence-electron chi connectivity index (χ4n) is 1.67. The van der Waals surface area contributed by atoms with Crippen LogP contribution in [0.4, 0.5) is 8.78 Å². The summed E-state index contributed by atoms with van der Waals surface area (Å²) in [6, 6.07) is 6.29. The van der Waals surface area contributed by atoms with Gasteiger partial charge < -0.3 is 9.84 Å². The minimum atomic E-state index is -3.36. The van der Waals surface area contributed by atoms with Crippen molar-refractivity contribution in [2.24, 2.45) is 0 Å². The first kappa shape index (κ1) is 10.8. The molecule has 1 unspecified atom stereocenters. The molecule has 2 rings (SSSR count). The molecule has 0 saturated carbocycles. The Morgan fingerprint density at radius 1 is 1.40 bits per heavy atom. The van der Waals surface area contributed by atoms with E-state index in [-0.39, 0.29) is 18.6 Å². The normalized spacial score (nSPS) is 25.6. The molecular weight excluding hydrogens is 270 g/mol. The van der Waals surface area contributed by atoms with Gasteiger partial charge >= 0.3 is 4.83 Å². The lowest BCUT2D eigenvalue weighted by Crippen LogP contribution is -2.44. The third-order valence-corrected chi connectivity index (χ3v) is 3.18. The highest BCUT2D eigenvalue weighted by atomic mass is 79.9. The zero-order valence-corrected chi connectivity index (χ0v) is 9.30. The molecule has 1 aliphatic rings. The molecule has 1 heterocycles. The summed E-state index contributed by atoms with van der Waals surface area (Å²) >= 11 is 2.23. The van der Waals surface area contributed by atoms with Crippen molar-refractivity contribution < 1.29 is 18.6 Å². The molecule has 1 aromatic carbocycles. The summed E-state index contributed by atoms with van der Waals surface area (Å²) in [5.74, 6) is 0.311. The third-order valence-electron chi connectivity index (χ3n) is 2.52. The molecule has 0 aliphatic carbocycles. The molecule has 0 amide bonds. The second-order valence-electron chi connectivity index (χ2n) is 3.45. The molecule has 0 aromatic heterocycles. The Balaban J connectivity index is 2.55. The number of alkyl halides is 3. The molecule has 0 radical (unpaired) electrons. The summed E-state index contributed by atoms with van der Waals surface area (Å²) in [4.78, 5) is -3.36. The lowest BCUT2D eigenvalue weighted by Gasteiger charge is -2.37. The van der Waals surface area contributed by atoms with Crippen LogP contribution in [0.1, 0.15) is 12.0 Å². The maximum atomic E-state index is 13.3. The van der Waals surface area contributed by atoms with E-state index >= 15 is 0 Å². The molecule has 15 heavy (non-hydrogen) atoms. The average molecular weight is 279 g/mol. The van der Waals surface area contributed by atoms with Crippen molar-refractivity contribution in [1.82, 2.24) is 0 Å². The zero-order chi connectivity index (χ0) is 11.1. The molecule has 5 heteroatoms. The maximum absolute atomic E-state index is 13.3. The lowest BCUT2D eigenvalue weighted by molar-refractivity contribution is -0.139. The molecule has 2 nitrogen and oxygen atoms in total. The molecule has 0 fully saturated rings. The summed E-state index contributed by atoms with van der Waals surface area (Å²) in [6.07, 6.45) is -0.137. The topological polar surface area (TPSA) is 29.5 Å². The Kier molecular flexibility index (Phi) is 2.47. The molecule has 82 valence electrons. The zero-order valence-electron chi connectivity index (χ0n) is 7.71. The van der Waals surface area contributed by atoms with E-state index in [1.165, 1.54) is 6.07 Å². The van der Waals surface area contributed by atoms with Crippen molar-refractivity contribution >= 4 is 15.9 Å². The highest BCUT2D eigenvalue weighted by Gasteiger charge is 2.54. The van der Waals surface area contributed by atoms with Crippen LogP contribution in [-0.2, 0) is 5.60 Å². The van der Waals surface area contributed by atoms with Crippen molar-refractivity contribution in [3.63, 3.8) is 0 Å². The molecule has 0 spiro atoms. The van der Waals surface area contributed by atoms with Crippen LogP contribution in [-0.4, -0.2) is 16.5 Å². The Morgan fingerprint density at radius 2 is 2.07 bits per heavy atom. The van der Waals surface area contributed by atoms with E-state index in [1.54, 1.807) is 18.2 Å². The summed E-state index contributed by atoms with van der Waals surface area (Å²) in [5, 5.41) is 9.98. The van der Waals surface area contributed by atoms with Gasteiger partial charge in [-0.2, -0.15) is 8.78 Å². The SMILES string of the molecule is OC1(C(F)(F)Br)CCOc2ccccc21. The van der Waals surface area contributed by atoms with Crippen LogP contribution in [0.2, 0.25) is 0 Å². The average Bonchev–Trinajstić information content (AvgIpc) is 2.17. The highest BCUT2D eigenvalue weighted by Crippen LogP contribution is 2.49. The van der Waals surface area contributed by atoms with Crippen LogP contribution in [0.25, 0.3) is 0 Å². The van der Waals surface area contributed by atoms with E-state index < -0.39 is 10.4 Å². The van der Waals surface area contributed by atoms with Crippen LogP contribution in [0.3, 0.4) is 0 Å². The maximum Gasteiger partial charge on any atom is 0.333 e. The first-order valence-corrected chi connectivity index (χ1v) is 5.26. The van der Waals surface area contributed by atoms with E-state index in [9.17, 15) is 13.9 Å². The van der Waals surface area contributed by atoms with Crippen molar-refractivity contribution in [2.75, 3.05) is 6.61 Å². The Hall–Kier alpha value is -0.680. The smallest absolute Gasteiger partial charge is 0.333 e. The fourth-order valence-corrected chi connectivity index (χ4v) is 2.08. The minimum Gasteiger partial charge on any atom is -0.493 e. The first-order chi connectivity index (χ1) is 6.95. The molecule has 0 saturated heterocycles. The number of benzene rings is 1. The monoisotopic (exact) mass is 278 g/mol. The summed E-state index contributed by atoms with van der Waals surface area (Å²) in [5.41, 5.74) is -2.07. The van der Waals surface area contributed by atoms with Gasteiger partial charge in [0, 0.05) is 12.0 Å². The van der Waals surface area contributed by atoms with Gasteiger partial charge in [0.2, 0.25) is 0 Å². The van der Waals surface area contributed by atoms with E-state index in [1.807, 2.05) is 0 Å². The van der Waals surface area contributed by atoms with Gasteiger partial charge in [0.05, 0.1) is 6.61 Å². The summed E-state index contributed by atoms with van der Waals surface area (Å²) < 4.78 is 31.8. The quantitative estimate of drug-likeness (QED) is 0.801. The van der Waals surface area contributed by atoms with Crippen molar-refractivity contribution in [1.29, 1.82) is 0 Å². The summed E-state index contributed by atoms with van der Waals surface area (Å²) in [7, 11) is 0. The van der Waals surface area contributed by atoms with Gasteiger partial charge in [-0.05, 0) is 22.0 Å². The largest absolute Gasteiger partial charge is 0.493 e. The Morgan fingerprint density at radius 3 is 2.73 bits per heavy atom. The van der Waals surface area contributed by atoms with Crippen LogP contribution in [0.15, 0.2) is 24.3 Å². The third kappa shape index (κ3) is 1.63. The van der Waals surface area contributed by atoms with E-state index in [0.29, 0.717) is 5.75 Å². The Labute approximate surface area is 94.0 Å². The predicted octanol–water partition coefficient (Wildman–Crippen LogP) is 2.64. The molecule has 1 aromatic rings. The first-order valence-electron chi connectivity index (χ1n) is 4.46. The summed E-state index contributed by atoms with van der Waals surface area (Å²) in [6.45, 7) is 0.0781. The molecule has 0 bridgehead atoms. The van der Waals surface area contributed by atoms with Crippen LogP contribution >= 0.6 is 15.9 Å². The van der Waals surface area contributed by atoms with E-state index in [2.05, 4.69) is 15.9 Å².